The van der Waals surface area contributed by atoms with Gasteiger partial charge in [0, 0.05) is 7.05 Å². The van der Waals surface area contributed by atoms with Crippen LogP contribution in [0.15, 0.2) is 36.4 Å². The summed E-state index contributed by atoms with van der Waals surface area (Å²) in [7, 11) is 1.25. The summed E-state index contributed by atoms with van der Waals surface area (Å²) in [6.07, 6.45) is -4.69. The summed E-state index contributed by atoms with van der Waals surface area (Å²) in [4.78, 5) is 22.9. The highest BCUT2D eigenvalue weighted by Crippen LogP contribution is 2.42. The van der Waals surface area contributed by atoms with E-state index in [1.165, 1.54) is 19.2 Å². The lowest BCUT2D eigenvalue weighted by Crippen LogP contribution is -2.11. The van der Waals surface area contributed by atoms with Crippen molar-refractivity contribution < 1.29 is 22.9 Å². The number of rotatable bonds is 4. The van der Waals surface area contributed by atoms with Gasteiger partial charge in [0.05, 0.1) is 27.3 Å². The molecule has 0 aliphatic rings. The maximum atomic E-state index is 12.9. The number of benzene rings is 1. The number of alkyl halides is 3. The molecule has 0 bridgehead atoms. The van der Waals surface area contributed by atoms with Crippen LogP contribution in [0.3, 0.4) is 0 Å². The van der Waals surface area contributed by atoms with E-state index in [-0.39, 0.29) is 26.2 Å². The molecule has 1 N–H and O–H groups in total. The molecule has 3 rings (SSSR count). The SMILES string of the molecule is Cn1nc(C(F)(F)F)cc1-c1sc(NC(=O)c2ccccc2Cl)cc1[N+](=O)[O-]. The Bertz CT molecular complexity index is 1080. The zero-order valence-electron chi connectivity index (χ0n) is 14.0. The number of aryl methyl sites for hydroxylation is 1. The number of amides is 1. The van der Waals surface area contributed by atoms with Gasteiger partial charge in [0.15, 0.2) is 5.69 Å². The molecule has 0 atom stereocenters. The van der Waals surface area contributed by atoms with E-state index in [4.69, 9.17) is 11.6 Å². The average Bonchev–Trinajstić information content (AvgIpc) is 3.18. The van der Waals surface area contributed by atoms with Gasteiger partial charge in [-0.15, -0.1) is 11.3 Å². The molecule has 7 nitrogen and oxygen atoms in total. The third kappa shape index (κ3) is 3.85. The average molecular weight is 431 g/mol. The molecule has 3 aromatic rings. The molecule has 28 heavy (non-hydrogen) atoms. The lowest BCUT2D eigenvalue weighted by molar-refractivity contribution is -0.383. The first-order chi connectivity index (χ1) is 13.1. The van der Waals surface area contributed by atoms with Crippen molar-refractivity contribution in [2.75, 3.05) is 5.32 Å². The number of halogens is 4. The molecule has 0 radical (unpaired) electrons. The smallest absolute Gasteiger partial charge is 0.313 e. The molecular weight excluding hydrogens is 421 g/mol. The maximum absolute atomic E-state index is 12.9. The van der Waals surface area contributed by atoms with E-state index in [2.05, 4.69) is 10.4 Å². The van der Waals surface area contributed by atoms with Gasteiger partial charge in [-0.2, -0.15) is 18.3 Å². The monoisotopic (exact) mass is 430 g/mol. The molecule has 1 aromatic carbocycles. The van der Waals surface area contributed by atoms with Gasteiger partial charge >= 0.3 is 6.18 Å². The van der Waals surface area contributed by atoms with Crippen LogP contribution in [0.1, 0.15) is 16.1 Å². The van der Waals surface area contributed by atoms with Gasteiger partial charge in [-0.3, -0.25) is 19.6 Å². The van der Waals surface area contributed by atoms with Gasteiger partial charge in [-0.25, -0.2) is 0 Å². The fourth-order valence-electron chi connectivity index (χ4n) is 2.41. The van der Waals surface area contributed by atoms with Crippen LogP contribution in [0.2, 0.25) is 5.02 Å². The molecule has 0 unspecified atom stereocenters. The van der Waals surface area contributed by atoms with Crippen molar-refractivity contribution >= 4 is 39.5 Å². The summed E-state index contributed by atoms with van der Waals surface area (Å²) in [6.45, 7) is 0. The third-order valence-corrected chi connectivity index (χ3v) is 5.06. The fourth-order valence-corrected chi connectivity index (χ4v) is 3.69. The van der Waals surface area contributed by atoms with E-state index in [1.54, 1.807) is 12.1 Å². The van der Waals surface area contributed by atoms with Gasteiger partial charge in [-0.05, 0) is 18.2 Å². The molecular formula is C16H10ClF3N4O3S. The minimum Gasteiger partial charge on any atom is -0.313 e. The van der Waals surface area contributed by atoms with Crippen molar-refractivity contribution in [3.8, 4) is 10.6 Å². The number of nitro groups is 1. The van der Waals surface area contributed by atoms with Crippen LogP contribution in [0.5, 0.6) is 0 Å². The maximum Gasteiger partial charge on any atom is 0.435 e. The van der Waals surface area contributed by atoms with Crippen LogP contribution in [-0.2, 0) is 13.2 Å². The van der Waals surface area contributed by atoms with Gasteiger partial charge in [0.2, 0.25) is 0 Å². The molecule has 0 aliphatic carbocycles. The zero-order chi connectivity index (χ0) is 20.6. The van der Waals surface area contributed by atoms with E-state index in [0.717, 1.165) is 28.2 Å². The standard InChI is InChI=1S/C16H10ClF3N4O3S/c1-23-10(6-12(22-23)16(18,19)20)14-11(24(26)27)7-13(28-14)21-15(25)8-4-2-3-5-9(8)17/h2-7H,1H3,(H,21,25). The quantitative estimate of drug-likeness (QED) is 0.467. The number of hydrogen-bond acceptors (Lipinski definition) is 5. The van der Waals surface area contributed by atoms with Crippen LogP contribution in [0.25, 0.3) is 10.6 Å². The molecule has 2 heterocycles. The van der Waals surface area contributed by atoms with Crippen LogP contribution < -0.4 is 5.32 Å². The predicted octanol–water partition coefficient (Wildman–Crippen LogP) is 4.98. The van der Waals surface area contributed by atoms with Crippen molar-refractivity contribution in [1.29, 1.82) is 0 Å². The second kappa shape index (κ2) is 7.24. The molecule has 0 saturated heterocycles. The van der Waals surface area contributed by atoms with E-state index in [1.807, 2.05) is 0 Å². The minimum atomic E-state index is -4.69. The Hall–Kier alpha value is -2.92. The zero-order valence-corrected chi connectivity index (χ0v) is 15.5. The first-order valence-electron chi connectivity index (χ1n) is 7.53. The molecule has 2 aromatic heterocycles. The Kier molecular flexibility index (Phi) is 5.13. The van der Waals surface area contributed by atoms with E-state index < -0.39 is 28.4 Å². The van der Waals surface area contributed by atoms with Crippen LogP contribution in [0.4, 0.5) is 23.9 Å². The van der Waals surface area contributed by atoms with Crippen molar-refractivity contribution in [1.82, 2.24) is 9.78 Å². The normalized spacial score (nSPS) is 11.5. The number of nitrogens with one attached hydrogen (secondary N) is 1. The van der Waals surface area contributed by atoms with E-state index in [0.29, 0.717) is 0 Å². The molecule has 0 spiro atoms. The second-order valence-electron chi connectivity index (χ2n) is 5.55. The number of thiophene rings is 1. The minimum absolute atomic E-state index is 0.0649. The number of carbonyl (C=O) groups is 1. The fraction of sp³-hybridized carbons (Fsp3) is 0.125. The number of anilines is 1. The second-order valence-corrected chi connectivity index (χ2v) is 7.01. The molecule has 146 valence electrons. The number of aromatic nitrogens is 2. The summed E-state index contributed by atoms with van der Waals surface area (Å²) >= 11 is 6.71. The number of carbonyl (C=O) groups excluding carboxylic acids is 1. The Labute approximate surface area is 164 Å². The largest absolute Gasteiger partial charge is 0.435 e. The summed E-state index contributed by atoms with van der Waals surface area (Å²) in [5.74, 6) is -0.603. The van der Waals surface area contributed by atoms with Crippen LogP contribution >= 0.6 is 22.9 Å². The van der Waals surface area contributed by atoms with E-state index >= 15 is 0 Å². The first kappa shape index (κ1) is 19.8. The molecule has 0 aliphatic heterocycles. The van der Waals surface area contributed by atoms with E-state index in [9.17, 15) is 28.1 Å². The van der Waals surface area contributed by atoms with Crippen molar-refractivity contribution in [2.24, 2.45) is 7.05 Å². The predicted molar refractivity (Wildman–Crippen MR) is 97.6 cm³/mol. The van der Waals surface area contributed by atoms with Gasteiger partial charge in [0.25, 0.3) is 11.6 Å². The van der Waals surface area contributed by atoms with Crippen molar-refractivity contribution in [2.45, 2.75) is 6.18 Å². The van der Waals surface area contributed by atoms with Gasteiger partial charge in [0.1, 0.15) is 9.88 Å². The highest BCUT2D eigenvalue weighted by molar-refractivity contribution is 7.20. The lowest BCUT2D eigenvalue weighted by atomic mass is 10.2. The Morgan fingerprint density at radius 2 is 2.00 bits per heavy atom. The van der Waals surface area contributed by atoms with Gasteiger partial charge in [-0.1, -0.05) is 23.7 Å². The highest BCUT2D eigenvalue weighted by atomic mass is 35.5. The highest BCUT2D eigenvalue weighted by Gasteiger charge is 2.36. The molecule has 0 fully saturated rings. The molecule has 0 saturated carbocycles. The van der Waals surface area contributed by atoms with Crippen LogP contribution in [-0.4, -0.2) is 20.6 Å². The number of hydrogen-bond donors (Lipinski definition) is 1. The third-order valence-electron chi connectivity index (χ3n) is 3.67. The molecule has 12 heteroatoms. The Morgan fingerprint density at radius 1 is 1.32 bits per heavy atom. The Balaban J connectivity index is 2.00. The summed E-state index contributed by atoms with van der Waals surface area (Å²) in [5, 5.41) is 17.5. The first-order valence-corrected chi connectivity index (χ1v) is 8.73. The number of nitrogens with zero attached hydrogens (tertiary/aromatic N) is 3. The Morgan fingerprint density at radius 3 is 2.57 bits per heavy atom. The van der Waals surface area contributed by atoms with Gasteiger partial charge < -0.3 is 5.32 Å². The summed E-state index contributed by atoms with van der Waals surface area (Å²) < 4.78 is 39.6. The lowest BCUT2D eigenvalue weighted by Gasteiger charge is -2.03. The van der Waals surface area contributed by atoms with Crippen molar-refractivity contribution in [3.63, 3.8) is 0 Å². The van der Waals surface area contributed by atoms with Crippen molar-refractivity contribution in [3.05, 3.63) is 62.8 Å². The summed E-state index contributed by atoms with van der Waals surface area (Å²) in [5.41, 5.74) is -1.56. The summed E-state index contributed by atoms with van der Waals surface area (Å²) in [6, 6.07) is 8.00. The topological polar surface area (TPSA) is 90.1 Å². The van der Waals surface area contributed by atoms with Crippen LogP contribution in [0, 0.1) is 10.1 Å². The molecule has 1 amide bonds.